The third kappa shape index (κ3) is 12.5. The molecule has 4 aromatic carbocycles. The van der Waals surface area contributed by atoms with E-state index in [0.717, 1.165) is 11.8 Å². The number of imidazole rings is 1. The zero-order valence-corrected chi connectivity index (χ0v) is 39.4. The molecule has 366 valence electrons. The van der Waals surface area contributed by atoms with Crippen LogP contribution in [0, 0.1) is 23.3 Å². The average molecular weight is 1030 g/mol. The highest BCUT2D eigenvalue weighted by Gasteiger charge is 2.32. The second kappa shape index (κ2) is 23.4. The molecule has 0 radical (unpaired) electrons. The van der Waals surface area contributed by atoms with Crippen LogP contribution in [-0.2, 0) is 49.6 Å². The van der Waals surface area contributed by atoms with Crippen LogP contribution in [0.25, 0.3) is 0 Å². The normalized spacial score (nSPS) is 14.1. The highest BCUT2D eigenvalue weighted by atomic mass is 35.5. The SMILES string of the molecule is Cl.Cn1nccc1COC(=O)N[C@H]1CCc2c(C(=O)Nc3ccc(F)c(Cl)c3)ccc(F)c21.Cn1nccc1COC(=O)n1ccnc1.N[C@H]1CCc2c(C(=O)Nc3ccc(F)c(Cl)c3)ccc(F)c21. The monoisotopic (exact) mass is 1020 g/mol. The highest BCUT2D eigenvalue weighted by Crippen LogP contribution is 2.37. The number of carbonyl (C=O) groups is 4. The van der Waals surface area contributed by atoms with Crippen molar-refractivity contribution in [2.75, 3.05) is 10.6 Å². The maximum atomic E-state index is 14.6. The Kier molecular flexibility index (Phi) is 17.4. The summed E-state index contributed by atoms with van der Waals surface area (Å²) in [6.45, 7) is 0.223. The molecular weight excluding hydrogens is 983 g/mol. The number of halogens is 7. The van der Waals surface area contributed by atoms with Crippen molar-refractivity contribution in [1.29, 1.82) is 0 Å². The summed E-state index contributed by atoms with van der Waals surface area (Å²) in [5.74, 6) is -2.95. The van der Waals surface area contributed by atoms with Gasteiger partial charge in [0, 0.05) is 78.6 Å². The van der Waals surface area contributed by atoms with Crippen molar-refractivity contribution in [1.82, 2.24) is 34.4 Å². The van der Waals surface area contributed by atoms with Crippen LogP contribution in [0.15, 0.2) is 104 Å². The van der Waals surface area contributed by atoms with Gasteiger partial charge in [-0.15, -0.1) is 12.4 Å². The number of aromatic nitrogens is 6. The molecule has 3 amide bonds. The minimum absolute atomic E-state index is 0. The lowest BCUT2D eigenvalue weighted by Gasteiger charge is -2.16. The molecule has 0 saturated heterocycles. The molecule has 0 bridgehead atoms. The Morgan fingerprint density at radius 3 is 1.69 bits per heavy atom. The fraction of sp³-hybridized carbons (Fsp3) is 0.213. The molecule has 5 N–H and O–H groups in total. The van der Waals surface area contributed by atoms with Crippen LogP contribution in [0.5, 0.6) is 0 Å². The molecule has 2 aliphatic rings. The smallest absolute Gasteiger partial charge is 0.419 e. The first-order valence-electron chi connectivity index (χ1n) is 21.0. The highest BCUT2D eigenvalue weighted by molar-refractivity contribution is 6.31. The average Bonchev–Trinajstić information content (AvgIpc) is 4.19. The Labute approximate surface area is 413 Å². The van der Waals surface area contributed by atoms with E-state index in [4.69, 9.17) is 38.4 Å². The number of ether oxygens (including phenoxy) is 2. The summed E-state index contributed by atoms with van der Waals surface area (Å²) in [5.41, 5.74) is 10.6. The van der Waals surface area contributed by atoms with Crippen molar-refractivity contribution in [2.45, 2.75) is 51.0 Å². The van der Waals surface area contributed by atoms with Crippen LogP contribution >= 0.6 is 35.6 Å². The Hall–Kier alpha value is -7.26. The van der Waals surface area contributed by atoms with Gasteiger partial charge in [-0.3, -0.25) is 19.0 Å². The molecule has 0 unspecified atom stereocenters. The van der Waals surface area contributed by atoms with Gasteiger partial charge in [-0.1, -0.05) is 23.2 Å². The van der Waals surface area contributed by atoms with Crippen LogP contribution < -0.4 is 21.7 Å². The summed E-state index contributed by atoms with van der Waals surface area (Å²) in [5, 5.41) is 15.7. The van der Waals surface area contributed by atoms with E-state index in [-0.39, 0.29) is 58.7 Å². The third-order valence-corrected chi connectivity index (χ3v) is 11.7. The number of nitrogens with zero attached hydrogens (tertiary/aromatic N) is 6. The van der Waals surface area contributed by atoms with Gasteiger partial charge in [0.1, 0.15) is 42.8 Å². The van der Waals surface area contributed by atoms with Crippen molar-refractivity contribution >= 4 is 71.0 Å². The number of anilines is 2. The summed E-state index contributed by atoms with van der Waals surface area (Å²) < 4.78 is 69.7. The van der Waals surface area contributed by atoms with E-state index >= 15 is 0 Å². The van der Waals surface area contributed by atoms with Crippen LogP contribution in [0.2, 0.25) is 10.0 Å². The third-order valence-electron chi connectivity index (χ3n) is 11.1. The molecule has 70 heavy (non-hydrogen) atoms. The summed E-state index contributed by atoms with van der Waals surface area (Å²) in [7, 11) is 3.52. The molecule has 2 aliphatic carbocycles. The summed E-state index contributed by atoms with van der Waals surface area (Å²) in [6.07, 6.45) is 8.52. The molecule has 9 rings (SSSR count). The number of aryl methyl sites for hydroxylation is 2. The van der Waals surface area contributed by atoms with Crippen LogP contribution in [0.4, 0.5) is 38.5 Å². The van der Waals surface area contributed by atoms with Crippen LogP contribution in [0.1, 0.15) is 79.3 Å². The van der Waals surface area contributed by atoms with Crippen molar-refractivity contribution in [3.8, 4) is 0 Å². The van der Waals surface area contributed by atoms with Gasteiger partial charge in [-0.2, -0.15) is 10.2 Å². The fourth-order valence-electron chi connectivity index (χ4n) is 7.57. The molecule has 0 aliphatic heterocycles. The standard InChI is InChI=1S/C22H19ClF2N4O3.C16H13ClF2N2O.C9H10N4O2.ClH/c1-29-13(8-9-26-29)11-32-22(31)28-19-7-4-14-15(3-6-18(25)20(14)19)21(30)27-12-2-5-17(24)16(23)10-12;17-11-7-8(1-4-12(11)18)21-16(22)10-2-5-13(19)15-9(10)3-6-14(15)20;1-12-8(2-3-11-12)6-15-9(14)13-5-4-10-7-13;/h2-3,5-6,8-10,19H,4,7,11H2,1H3,(H,27,30)(H,28,31);1-2,4-5,7,14H,3,6,20H2,(H,21,22);2-5,7H,6H2,1H3;1H/t19-;14-;;/m00../s1. The number of hydrogen-bond acceptors (Lipinski definition) is 10. The minimum atomic E-state index is -0.695. The maximum Gasteiger partial charge on any atom is 0.419 e. The topological polar surface area (TPSA) is 202 Å². The first kappa shape index (κ1) is 52.1. The van der Waals surface area contributed by atoms with Gasteiger partial charge in [-0.05, 0) is 110 Å². The van der Waals surface area contributed by atoms with Crippen LogP contribution in [-0.4, -0.2) is 53.1 Å². The number of fused-ring (bicyclic) bond motifs is 2. The van der Waals surface area contributed by atoms with Crippen molar-refractivity contribution < 1.29 is 46.2 Å². The van der Waals surface area contributed by atoms with E-state index in [2.05, 4.69) is 31.1 Å². The van der Waals surface area contributed by atoms with E-state index < -0.39 is 47.5 Å². The molecule has 0 fully saturated rings. The van der Waals surface area contributed by atoms with Gasteiger partial charge in [0.25, 0.3) is 11.8 Å². The molecule has 2 atom stereocenters. The van der Waals surface area contributed by atoms with Gasteiger partial charge in [0.2, 0.25) is 0 Å². The van der Waals surface area contributed by atoms with Crippen molar-refractivity contribution in [3.63, 3.8) is 0 Å². The van der Waals surface area contributed by atoms with E-state index in [0.29, 0.717) is 65.0 Å². The first-order chi connectivity index (χ1) is 33.1. The quantitative estimate of drug-likeness (QED) is 0.101. The maximum absolute atomic E-state index is 14.6. The number of benzene rings is 4. The lowest BCUT2D eigenvalue weighted by atomic mass is 10.0. The lowest BCUT2D eigenvalue weighted by Crippen LogP contribution is -2.28. The zero-order chi connectivity index (χ0) is 49.4. The van der Waals surface area contributed by atoms with Crippen molar-refractivity contribution in [2.24, 2.45) is 19.8 Å². The number of hydrogen-bond donors (Lipinski definition) is 4. The lowest BCUT2D eigenvalue weighted by molar-refractivity contribution is 0.101. The van der Waals surface area contributed by atoms with Gasteiger partial charge in [0.15, 0.2) is 0 Å². The van der Waals surface area contributed by atoms with E-state index in [9.17, 15) is 36.7 Å². The van der Waals surface area contributed by atoms with Gasteiger partial charge in [-0.25, -0.2) is 36.7 Å². The Balaban J connectivity index is 0.000000183. The van der Waals surface area contributed by atoms with Gasteiger partial charge in [0.05, 0.1) is 27.5 Å². The predicted octanol–water partition coefficient (Wildman–Crippen LogP) is 9.56. The number of amides is 3. The molecule has 0 saturated carbocycles. The Morgan fingerprint density at radius 2 is 1.19 bits per heavy atom. The number of nitrogens with two attached hydrogens (primary N) is 1. The predicted molar refractivity (Wildman–Crippen MR) is 253 cm³/mol. The van der Waals surface area contributed by atoms with E-state index in [1.807, 2.05) is 0 Å². The first-order valence-corrected chi connectivity index (χ1v) is 21.8. The molecule has 3 aromatic heterocycles. The second-order valence-electron chi connectivity index (χ2n) is 15.5. The van der Waals surface area contributed by atoms with Crippen LogP contribution in [0.3, 0.4) is 0 Å². The summed E-state index contributed by atoms with van der Waals surface area (Å²) in [6, 6.07) is 15.5. The zero-order valence-electron chi connectivity index (χ0n) is 37.1. The minimum Gasteiger partial charge on any atom is -0.443 e. The summed E-state index contributed by atoms with van der Waals surface area (Å²) in [4.78, 5) is 52.5. The Morgan fingerprint density at radius 1 is 0.686 bits per heavy atom. The molecule has 0 spiro atoms. The molecule has 3 heterocycles. The molecule has 16 nitrogen and oxygen atoms in total. The molecule has 7 aromatic rings. The van der Waals surface area contributed by atoms with Crippen molar-refractivity contribution in [3.05, 3.63) is 182 Å². The van der Waals surface area contributed by atoms with E-state index in [1.54, 1.807) is 48.0 Å². The van der Waals surface area contributed by atoms with E-state index in [1.165, 1.54) is 77.9 Å². The number of rotatable bonds is 9. The number of alkyl carbamates (subject to hydrolysis) is 1. The molecule has 23 heteroatoms. The fourth-order valence-corrected chi connectivity index (χ4v) is 7.93. The summed E-state index contributed by atoms with van der Waals surface area (Å²) >= 11 is 11.4. The van der Waals surface area contributed by atoms with Gasteiger partial charge >= 0.3 is 12.2 Å². The second-order valence-corrected chi connectivity index (χ2v) is 16.3. The molecular formula is C47H43Cl3F4N10O6. The number of nitrogens with one attached hydrogen (secondary N) is 3. The van der Waals surface area contributed by atoms with Gasteiger partial charge < -0.3 is 31.2 Å². The Bertz CT molecular complexity index is 3030. The largest absolute Gasteiger partial charge is 0.443 e. The number of carbonyl (C=O) groups excluding carboxylic acids is 4.